The van der Waals surface area contributed by atoms with Crippen LogP contribution in [0, 0.1) is 71.0 Å². The average Bonchev–Trinajstić information content (AvgIpc) is 2.71. The fourth-order valence-corrected chi connectivity index (χ4v) is 21.8. The quantitative estimate of drug-likeness (QED) is 0.397. The van der Waals surface area contributed by atoms with Crippen molar-refractivity contribution < 1.29 is 0 Å². The molecule has 0 aromatic rings. The van der Waals surface area contributed by atoms with Gasteiger partial charge in [-0.3, -0.25) is 0 Å². The Hall–Kier alpha value is 0.532. The van der Waals surface area contributed by atoms with Gasteiger partial charge in [-0.15, -0.1) is 0 Å². The Morgan fingerprint density at radius 3 is 0.645 bits per heavy atom. The van der Waals surface area contributed by atoms with Crippen molar-refractivity contribution in [3.63, 3.8) is 0 Å². The summed E-state index contributed by atoms with van der Waals surface area (Å²) in [6.45, 7) is 0. The zero-order valence-electron chi connectivity index (χ0n) is 19.8. The molecule has 12 rings (SSSR count). The van der Waals surface area contributed by atoms with Gasteiger partial charge in [0, 0.05) is 0 Å². The summed E-state index contributed by atoms with van der Waals surface area (Å²) in [5.74, 6) is 14.5. The fourth-order valence-electron chi connectivity index (χ4n) is 14.6. The van der Waals surface area contributed by atoms with Crippen LogP contribution in [0.4, 0.5) is 0 Å². The monoisotopic (exact) mass is 432 g/mol. The van der Waals surface area contributed by atoms with Crippen LogP contribution in [0.2, 0.25) is 14.3 Å². The van der Waals surface area contributed by atoms with Gasteiger partial charge >= 0.3 is 0 Å². The third-order valence-electron chi connectivity index (χ3n) is 14.2. The zero-order valence-corrected chi connectivity index (χ0v) is 21.0. The van der Waals surface area contributed by atoms with Crippen LogP contribution in [-0.4, -0.2) is 14.1 Å². The smallest absolute Gasteiger partial charge is 0.0761 e. The minimum atomic E-state index is -0.744. The molecular weight excluding hydrogens is 387 g/mol. The maximum atomic E-state index is 1.71. The van der Waals surface area contributed by atoms with E-state index >= 15 is 0 Å². The van der Waals surface area contributed by atoms with E-state index in [0.29, 0.717) is 0 Å². The molecule has 12 saturated carbocycles. The van der Waals surface area contributed by atoms with Crippen molar-refractivity contribution in [2.75, 3.05) is 0 Å². The van der Waals surface area contributed by atoms with E-state index in [0.717, 1.165) is 0 Å². The molecule has 0 spiro atoms. The molecule has 0 atom stereocenters. The van der Waals surface area contributed by atoms with Crippen LogP contribution in [-0.2, 0) is 0 Å². The molecule has 0 heterocycles. The third kappa shape index (κ3) is 2.67. The molecule has 0 aromatic carbocycles. The van der Waals surface area contributed by atoms with Gasteiger partial charge in [-0.25, -0.2) is 0 Å². The maximum absolute atomic E-state index is 1.71. The minimum Gasteiger partial charge on any atom is -0.0761 e. The van der Waals surface area contributed by atoms with Crippen molar-refractivity contribution in [2.45, 2.75) is 111 Å². The molecule has 168 valence electrons. The lowest BCUT2D eigenvalue weighted by Crippen LogP contribution is -2.59. The second-order valence-corrected chi connectivity index (χ2v) is 19.1. The molecular formula is C30H45Al. The molecule has 12 fully saturated rings. The summed E-state index contributed by atoms with van der Waals surface area (Å²) in [5, 5.41) is 0. The van der Waals surface area contributed by atoms with Crippen LogP contribution >= 0.6 is 0 Å². The Morgan fingerprint density at radius 1 is 0.258 bits per heavy atom. The SMILES string of the molecule is C1C2CC3CC1CC(C2)[CH]3[Al]([CH]1C2CC3CC(C2)CC1C3)[CH]1C2CC3CC(C2)CC1C3. The topological polar surface area (TPSA) is 0 Å². The lowest BCUT2D eigenvalue weighted by Gasteiger charge is -2.65. The molecule has 31 heavy (non-hydrogen) atoms. The van der Waals surface area contributed by atoms with E-state index in [-0.39, 0.29) is 0 Å². The van der Waals surface area contributed by atoms with E-state index in [4.69, 9.17) is 0 Å². The number of hydrogen-bond acceptors (Lipinski definition) is 0. The molecule has 0 aromatic heterocycles. The Bertz CT molecular complexity index is 570. The molecule has 12 bridgehead atoms. The van der Waals surface area contributed by atoms with Crippen molar-refractivity contribution in [2.24, 2.45) is 71.0 Å². The first kappa shape index (κ1) is 18.8. The van der Waals surface area contributed by atoms with Crippen molar-refractivity contribution in [1.29, 1.82) is 0 Å². The minimum absolute atomic E-state index is 0.744. The lowest BCUT2D eigenvalue weighted by molar-refractivity contribution is -0.0118. The van der Waals surface area contributed by atoms with Crippen LogP contribution in [0.15, 0.2) is 0 Å². The van der Waals surface area contributed by atoms with Crippen LogP contribution in [0.25, 0.3) is 0 Å². The van der Waals surface area contributed by atoms with E-state index < -0.39 is 14.1 Å². The molecule has 0 nitrogen and oxygen atoms in total. The molecule has 12 aliphatic carbocycles. The summed E-state index contributed by atoms with van der Waals surface area (Å²) in [6, 6.07) is 0. The van der Waals surface area contributed by atoms with Crippen molar-refractivity contribution in [1.82, 2.24) is 0 Å². The molecule has 0 N–H and O–H groups in total. The van der Waals surface area contributed by atoms with E-state index in [1.165, 1.54) is 85.4 Å². The summed E-state index contributed by atoms with van der Waals surface area (Å²) in [5.41, 5.74) is 0. The summed E-state index contributed by atoms with van der Waals surface area (Å²) in [7, 11) is 0. The van der Waals surface area contributed by atoms with Crippen molar-refractivity contribution >= 4 is 14.1 Å². The van der Waals surface area contributed by atoms with Crippen molar-refractivity contribution in [3.05, 3.63) is 0 Å². The molecule has 0 aliphatic heterocycles. The fraction of sp³-hybridized carbons (Fsp3) is 1.00. The van der Waals surface area contributed by atoms with Crippen LogP contribution in [0.1, 0.15) is 96.3 Å². The van der Waals surface area contributed by atoms with Gasteiger partial charge in [0.25, 0.3) is 14.1 Å². The summed E-state index contributed by atoms with van der Waals surface area (Å²) < 4.78 is 3.99. The highest BCUT2D eigenvalue weighted by Crippen LogP contribution is 2.71. The first-order valence-corrected chi connectivity index (χ1v) is 17.2. The van der Waals surface area contributed by atoms with Gasteiger partial charge in [-0.05, 0) is 167 Å². The normalized spacial score (nSPS) is 64.5. The summed E-state index contributed by atoms with van der Waals surface area (Å²) in [4.78, 5) is 0. The van der Waals surface area contributed by atoms with E-state index in [1.54, 1.807) is 96.3 Å². The van der Waals surface area contributed by atoms with Crippen LogP contribution < -0.4 is 0 Å². The molecule has 0 saturated heterocycles. The van der Waals surface area contributed by atoms with Gasteiger partial charge in [-0.2, -0.15) is 0 Å². The van der Waals surface area contributed by atoms with E-state index in [9.17, 15) is 0 Å². The lowest BCUT2D eigenvalue weighted by atomic mass is 9.55. The first-order valence-electron chi connectivity index (χ1n) is 15.2. The van der Waals surface area contributed by atoms with E-state index in [1.807, 2.05) is 0 Å². The predicted molar refractivity (Wildman–Crippen MR) is 128 cm³/mol. The zero-order chi connectivity index (χ0) is 19.8. The van der Waals surface area contributed by atoms with Crippen LogP contribution in [0.3, 0.4) is 0 Å². The molecule has 12 aliphatic rings. The highest BCUT2D eigenvalue weighted by atomic mass is 27.2. The summed E-state index contributed by atoms with van der Waals surface area (Å²) >= 11 is -0.744. The van der Waals surface area contributed by atoms with Gasteiger partial charge in [-0.1, -0.05) is 14.3 Å². The second-order valence-electron chi connectivity index (χ2n) is 15.6. The highest BCUT2D eigenvalue weighted by molar-refractivity contribution is 6.64. The molecule has 1 heteroatoms. The second kappa shape index (κ2) is 6.60. The largest absolute Gasteiger partial charge is 0.274 e. The third-order valence-corrected chi connectivity index (χ3v) is 20.2. The number of rotatable bonds is 3. The van der Waals surface area contributed by atoms with Gasteiger partial charge < -0.3 is 0 Å². The average molecular weight is 433 g/mol. The van der Waals surface area contributed by atoms with Crippen LogP contribution in [0.5, 0.6) is 0 Å². The molecule has 0 amide bonds. The maximum Gasteiger partial charge on any atom is 0.274 e. The summed E-state index contributed by atoms with van der Waals surface area (Å²) in [6.07, 6.45) is 25.5. The Labute approximate surface area is 195 Å². The van der Waals surface area contributed by atoms with Gasteiger partial charge in [0.15, 0.2) is 0 Å². The predicted octanol–water partition coefficient (Wildman–Crippen LogP) is 7.96. The van der Waals surface area contributed by atoms with E-state index in [2.05, 4.69) is 0 Å². The Morgan fingerprint density at radius 2 is 0.452 bits per heavy atom. The highest BCUT2D eigenvalue weighted by Gasteiger charge is 2.64. The van der Waals surface area contributed by atoms with Gasteiger partial charge in [0.1, 0.15) is 0 Å². The molecule has 0 unspecified atom stereocenters. The Kier molecular flexibility index (Phi) is 4.00. The number of hydrogen-bond donors (Lipinski definition) is 0. The molecule has 0 radical (unpaired) electrons. The van der Waals surface area contributed by atoms with Crippen molar-refractivity contribution in [3.8, 4) is 0 Å². The first-order chi connectivity index (χ1) is 15.2. The Balaban J connectivity index is 1.14. The van der Waals surface area contributed by atoms with Gasteiger partial charge in [0.05, 0.1) is 0 Å². The standard InChI is InChI=1S/3C10H15.Al/c3*1-7-2-9-4-8(1)5-10(3-7)6-9;/h3*1,7-10H,2-6H2;. The van der Waals surface area contributed by atoms with Gasteiger partial charge in [0.2, 0.25) is 0 Å².